The van der Waals surface area contributed by atoms with E-state index in [1.165, 1.54) is 0 Å². The van der Waals surface area contributed by atoms with Gasteiger partial charge in [-0.3, -0.25) is 9.78 Å². The summed E-state index contributed by atoms with van der Waals surface area (Å²) in [7, 11) is 0. The monoisotopic (exact) mass is 336 g/mol. The van der Waals surface area contributed by atoms with E-state index in [4.69, 9.17) is 9.15 Å². The van der Waals surface area contributed by atoms with Crippen LogP contribution in [0.2, 0.25) is 0 Å². The van der Waals surface area contributed by atoms with Gasteiger partial charge in [-0.15, -0.1) is 0 Å². The summed E-state index contributed by atoms with van der Waals surface area (Å²) in [6.07, 6.45) is 1.67. The van der Waals surface area contributed by atoms with E-state index in [0.717, 1.165) is 28.0 Å². The topological polar surface area (TPSA) is 55.6 Å². The molecule has 128 valence electrons. The lowest BCUT2D eigenvalue weighted by Crippen LogP contribution is -2.42. The van der Waals surface area contributed by atoms with Crippen molar-refractivity contribution in [2.75, 3.05) is 19.7 Å². The number of morpholine rings is 1. The summed E-state index contributed by atoms with van der Waals surface area (Å²) < 4.78 is 11.5. The van der Waals surface area contributed by atoms with E-state index in [2.05, 4.69) is 4.98 Å². The first-order chi connectivity index (χ1) is 12.1. The lowest BCUT2D eigenvalue weighted by Gasteiger charge is -2.33. The molecule has 1 aliphatic rings. The molecule has 0 N–H and O–H groups in total. The van der Waals surface area contributed by atoms with Crippen LogP contribution in [0, 0.1) is 13.8 Å². The molecular formula is C20H20N2O3. The lowest BCUT2D eigenvalue weighted by molar-refractivity contribution is -0.0228. The van der Waals surface area contributed by atoms with Crippen LogP contribution in [0.15, 0.2) is 47.0 Å². The van der Waals surface area contributed by atoms with Gasteiger partial charge in [-0.2, -0.15) is 0 Å². The molecule has 2 aromatic heterocycles. The largest absolute Gasteiger partial charge is 0.461 e. The number of hydrogen-bond acceptors (Lipinski definition) is 4. The summed E-state index contributed by atoms with van der Waals surface area (Å²) >= 11 is 0. The lowest BCUT2D eigenvalue weighted by atomic mass is 10.1. The third-order valence-electron chi connectivity index (χ3n) is 4.53. The van der Waals surface area contributed by atoms with E-state index in [1.54, 1.807) is 6.20 Å². The summed E-state index contributed by atoms with van der Waals surface area (Å²) in [5.74, 6) is 0.874. The number of aromatic nitrogens is 1. The van der Waals surface area contributed by atoms with E-state index in [1.807, 2.05) is 55.1 Å². The molecule has 0 bridgehead atoms. The third kappa shape index (κ3) is 3.15. The molecule has 1 saturated heterocycles. The summed E-state index contributed by atoms with van der Waals surface area (Å²) in [6, 6.07) is 11.5. The van der Waals surface area contributed by atoms with Crippen LogP contribution in [0.25, 0.3) is 11.0 Å². The first-order valence-electron chi connectivity index (χ1n) is 8.44. The normalized spacial score (nSPS) is 17.8. The molecule has 5 nitrogen and oxygen atoms in total. The first kappa shape index (κ1) is 15.8. The van der Waals surface area contributed by atoms with Crippen LogP contribution in [0.5, 0.6) is 0 Å². The maximum atomic E-state index is 12.9. The van der Waals surface area contributed by atoms with Gasteiger partial charge in [0.2, 0.25) is 0 Å². The number of rotatable bonds is 2. The standard InChI is InChI=1S/C20H20N2O3/c1-13-9-15(5-6-21-13)19-12-22(7-8-24-19)20(23)16-3-4-18-17(11-16)10-14(2)25-18/h3-6,9-11,19H,7-8,12H2,1-2H3. The number of furan rings is 1. The molecule has 0 aliphatic carbocycles. The number of carbonyl (C=O) groups is 1. The molecule has 4 rings (SSSR count). The fraction of sp³-hybridized carbons (Fsp3) is 0.300. The molecule has 0 saturated carbocycles. The van der Waals surface area contributed by atoms with Crippen molar-refractivity contribution in [1.82, 2.24) is 9.88 Å². The molecule has 1 atom stereocenters. The maximum absolute atomic E-state index is 12.9. The quantitative estimate of drug-likeness (QED) is 0.717. The Hall–Kier alpha value is -2.66. The zero-order chi connectivity index (χ0) is 17.4. The minimum Gasteiger partial charge on any atom is -0.461 e. The van der Waals surface area contributed by atoms with Crippen molar-refractivity contribution in [2.45, 2.75) is 20.0 Å². The van der Waals surface area contributed by atoms with Gasteiger partial charge in [0.15, 0.2) is 0 Å². The van der Waals surface area contributed by atoms with E-state index in [0.29, 0.717) is 25.3 Å². The number of amides is 1. The predicted molar refractivity (Wildman–Crippen MR) is 94.5 cm³/mol. The number of carbonyl (C=O) groups excluding carboxylic acids is 1. The predicted octanol–water partition coefficient (Wildman–Crippen LogP) is 3.66. The van der Waals surface area contributed by atoms with E-state index in [9.17, 15) is 4.79 Å². The van der Waals surface area contributed by atoms with Crippen LogP contribution in [0.4, 0.5) is 0 Å². The molecule has 1 amide bonds. The zero-order valence-electron chi connectivity index (χ0n) is 14.4. The molecule has 0 spiro atoms. The molecule has 5 heteroatoms. The second-order valence-corrected chi connectivity index (χ2v) is 6.45. The second-order valence-electron chi connectivity index (χ2n) is 6.45. The molecule has 3 heterocycles. The minimum absolute atomic E-state index is 0.0276. The Balaban J connectivity index is 1.56. The van der Waals surface area contributed by atoms with Crippen molar-refractivity contribution in [3.05, 3.63) is 65.2 Å². The highest BCUT2D eigenvalue weighted by Crippen LogP contribution is 2.25. The molecule has 25 heavy (non-hydrogen) atoms. The molecule has 0 radical (unpaired) electrons. The van der Waals surface area contributed by atoms with Crippen molar-refractivity contribution < 1.29 is 13.9 Å². The van der Waals surface area contributed by atoms with Crippen LogP contribution < -0.4 is 0 Å². The SMILES string of the molecule is Cc1cc(C2CN(C(=O)c3ccc4oc(C)cc4c3)CCO2)ccn1. The van der Waals surface area contributed by atoms with Gasteiger partial charge in [-0.1, -0.05) is 0 Å². The summed E-state index contributed by atoms with van der Waals surface area (Å²) in [4.78, 5) is 19.0. The van der Waals surface area contributed by atoms with Gasteiger partial charge in [-0.05, 0) is 55.8 Å². The molecule has 1 aliphatic heterocycles. The number of nitrogens with zero attached hydrogens (tertiary/aromatic N) is 2. The summed E-state index contributed by atoms with van der Waals surface area (Å²) in [5, 5.41) is 0.956. The van der Waals surface area contributed by atoms with Crippen LogP contribution in [0.1, 0.15) is 33.5 Å². The fourth-order valence-corrected chi connectivity index (χ4v) is 3.29. The summed E-state index contributed by atoms with van der Waals surface area (Å²) in [6.45, 7) is 5.54. The van der Waals surface area contributed by atoms with Crippen LogP contribution in [-0.4, -0.2) is 35.5 Å². The first-order valence-corrected chi connectivity index (χ1v) is 8.44. The van der Waals surface area contributed by atoms with Gasteiger partial charge in [0.05, 0.1) is 13.2 Å². The highest BCUT2D eigenvalue weighted by atomic mass is 16.5. The molecule has 1 fully saturated rings. The minimum atomic E-state index is -0.112. The molecule has 1 unspecified atom stereocenters. The number of fused-ring (bicyclic) bond motifs is 1. The van der Waals surface area contributed by atoms with E-state index in [-0.39, 0.29) is 12.0 Å². The zero-order valence-corrected chi connectivity index (χ0v) is 14.4. The van der Waals surface area contributed by atoms with Gasteiger partial charge < -0.3 is 14.1 Å². The second kappa shape index (κ2) is 6.33. The Kier molecular flexibility index (Phi) is 4.01. The smallest absolute Gasteiger partial charge is 0.254 e. The Morgan fingerprint density at radius 1 is 1.20 bits per heavy atom. The Bertz CT molecular complexity index is 932. The van der Waals surface area contributed by atoms with Gasteiger partial charge in [0.1, 0.15) is 17.4 Å². The van der Waals surface area contributed by atoms with Crippen molar-refractivity contribution in [2.24, 2.45) is 0 Å². The molecular weight excluding hydrogens is 316 g/mol. The number of pyridine rings is 1. The van der Waals surface area contributed by atoms with Gasteiger partial charge in [-0.25, -0.2) is 0 Å². The molecule has 1 aromatic carbocycles. The average Bonchev–Trinajstić information content (AvgIpc) is 3.00. The average molecular weight is 336 g/mol. The Labute approximate surface area is 146 Å². The molecule has 3 aromatic rings. The number of ether oxygens (including phenoxy) is 1. The Morgan fingerprint density at radius 2 is 2.08 bits per heavy atom. The van der Waals surface area contributed by atoms with Crippen LogP contribution in [-0.2, 0) is 4.74 Å². The van der Waals surface area contributed by atoms with E-state index < -0.39 is 0 Å². The van der Waals surface area contributed by atoms with Crippen molar-refractivity contribution in [3.63, 3.8) is 0 Å². The van der Waals surface area contributed by atoms with Crippen molar-refractivity contribution in [3.8, 4) is 0 Å². The third-order valence-corrected chi connectivity index (χ3v) is 4.53. The van der Waals surface area contributed by atoms with Crippen molar-refractivity contribution in [1.29, 1.82) is 0 Å². The number of hydrogen-bond donors (Lipinski definition) is 0. The van der Waals surface area contributed by atoms with Gasteiger partial charge >= 0.3 is 0 Å². The van der Waals surface area contributed by atoms with Crippen LogP contribution in [0.3, 0.4) is 0 Å². The fourth-order valence-electron chi connectivity index (χ4n) is 3.29. The van der Waals surface area contributed by atoms with Crippen molar-refractivity contribution >= 4 is 16.9 Å². The highest BCUT2D eigenvalue weighted by Gasteiger charge is 2.26. The number of aryl methyl sites for hydroxylation is 2. The Morgan fingerprint density at radius 3 is 2.92 bits per heavy atom. The maximum Gasteiger partial charge on any atom is 0.254 e. The summed E-state index contributed by atoms with van der Waals surface area (Å²) in [5.41, 5.74) is 3.50. The van der Waals surface area contributed by atoms with Gasteiger partial charge in [0.25, 0.3) is 5.91 Å². The number of benzene rings is 1. The van der Waals surface area contributed by atoms with Crippen LogP contribution >= 0.6 is 0 Å². The highest BCUT2D eigenvalue weighted by molar-refractivity contribution is 5.98. The van der Waals surface area contributed by atoms with E-state index >= 15 is 0 Å². The van der Waals surface area contributed by atoms with Gasteiger partial charge in [0, 0.05) is 29.4 Å².